The standard InChI is InChI=1S/C24H35N5O/c1-29(2)22-5-3-21(4-6-22)24(23(25)30,13-7-19-8-14-26-15-9-19)28-18-12-20-10-16-27-17-11-20/h3-6,8-9,14-15,20,27-28H,7,10-13,16-18H2,1-2H3,(H2,25,30). The van der Waals surface area contributed by atoms with Gasteiger partial charge in [-0.2, -0.15) is 0 Å². The summed E-state index contributed by atoms with van der Waals surface area (Å²) in [6, 6.07) is 12.2. The largest absolute Gasteiger partial charge is 0.378 e. The van der Waals surface area contributed by atoms with Crippen LogP contribution in [-0.4, -0.2) is 44.6 Å². The fourth-order valence-electron chi connectivity index (χ4n) is 4.27. The number of nitrogens with two attached hydrogens (primary N) is 1. The lowest BCUT2D eigenvalue weighted by Gasteiger charge is -2.34. The molecule has 0 spiro atoms. The summed E-state index contributed by atoms with van der Waals surface area (Å²) in [5.74, 6) is 0.375. The SMILES string of the molecule is CN(C)c1ccc(C(CCc2ccncc2)(NCCC2CCNCC2)C(N)=O)cc1. The van der Waals surface area contributed by atoms with Gasteiger partial charge in [0.1, 0.15) is 5.54 Å². The van der Waals surface area contributed by atoms with Gasteiger partial charge >= 0.3 is 0 Å². The van der Waals surface area contributed by atoms with E-state index >= 15 is 0 Å². The molecule has 1 saturated heterocycles. The summed E-state index contributed by atoms with van der Waals surface area (Å²) < 4.78 is 0. The highest BCUT2D eigenvalue weighted by Crippen LogP contribution is 2.29. The van der Waals surface area contributed by atoms with Crippen molar-refractivity contribution in [2.75, 3.05) is 38.6 Å². The van der Waals surface area contributed by atoms with Gasteiger partial charge in [0.2, 0.25) is 5.91 Å². The zero-order valence-electron chi connectivity index (χ0n) is 18.2. The van der Waals surface area contributed by atoms with Gasteiger partial charge in [-0.3, -0.25) is 15.1 Å². The third-order valence-corrected chi connectivity index (χ3v) is 6.27. The summed E-state index contributed by atoms with van der Waals surface area (Å²) in [7, 11) is 4.02. The average molecular weight is 410 g/mol. The van der Waals surface area contributed by atoms with Gasteiger partial charge in [-0.15, -0.1) is 0 Å². The molecule has 0 bridgehead atoms. The molecule has 162 valence electrons. The van der Waals surface area contributed by atoms with E-state index in [9.17, 15) is 4.79 Å². The molecule has 6 heteroatoms. The molecule has 2 aromatic rings. The van der Waals surface area contributed by atoms with Crippen molar-refractivity contribution in [2.24, 2.45) is 11.7 Å². The highest BCUT2D eigenvalue weighted by Gasteiger charge is 2.38. The normalized spacial score (nSPS) is 16.7. The summed E-state index contributed by atoms with van der Waals surface area (Å²) in [5.41, 5.74) is 8.34. The monoisotopic (exact) mass is 409 g/mol. The van der Waals surface area contributed by atoms with Crippen molar-refractivity contribution in [3.63, 3.8) is 0 Å². The maximum absolute atomic E-state index is 12.9. The fourth-order valence-corrected chi connectivity index (χ4v) is 4.27. The number of hydrogen-bond acceptors (Lipinski definition) is 5. The van der Waals surface area contributed by atoms with Crippen LogP contribution in [0, 0.1) is 5.92 Å². The minimum Gasteiger partial charge on any atom is -0.378 e. The van der Waals surface area contributed by atoms with E-state index in [1.807, 2.05) is 50.5 Å². The molecule has 1 aromatic heterocycles. The molecule has 1 aliphatic rings. The molecule has 6 nitrogen and oxygen atoms in total. The van der Waals surface area contributed by atoms with Gasteiger partial charge < -0.3 is 16.0 Å². The molecule has 1 atom stereocenters. The second-order valence-corrected chi connectivity index (χ2v) is 8.48. The van der Waals surface area contributed by atoms with E-state index in [4.69, 9.17) is 5.73 Å². The minimum atomic E-state index is -0.888. The third kappa shape index (κ3) is 5.58. The first-order valence-electron chi connectivity index (χ1n) is 10.9. The lowest BCUT2D eigenvalue weighted by atomic mass is 9.82. The zero-order valence-corrected chi connectivity index (χ0v) is 18.2. The number of anilines is 1. The molecule has 2 heterocycles. The molecule has 1 unspecified atom stereocenters. The Balaban J connectivity index is 1.80. The number of rotatable bonds is 10. The minimum absolute atomic E-state index is 0.320. The molecular formula is C24H35N5O. The van der Waals surface area contributed by atoms with E-state index < -0.39 is 5.54 Å². The Morgan fingerprint density at radius 2 is 1.83 bits per heavy atom. The number of benzene rings is 1. The molecule has 1 aliphatic heterocycles. The second-order valence-electron chi connectivity index (χ2n) is 8.48. The van der Waals surface area contributed by atoms with E-state index in [0.717, 1.165) is 49.3 Å². The second kappa shape index (κ2) is 10.5. The van der Waals surface area contributed by atoms with Crippen LogP contribution in [0.25, 0.3) is 0 Å². The van der Waals surface area contributed by atoms with Crippen molar-refractivity contribution in [2.45, 2.75) is 37.6 Å². The lowest BCUT2D eigenvalue weighted by Crippen LogP contribution is -2.53. The van der Waals surface area contributed by atoms with Gasteiger partial charge in [-0.05, 0) is 93.0 Å². The molecule has 0 radical (unpaired) electrons. The number of aryl methyl sites for hydroxylation is 1. The number of carbonyl (C=O) groups is 1. The Morgan fingerprint density at radius 3 is 2.43 bits per heavy atom. The molecular weight excluding hydrogens is 374 g/mol. The Labute approximate surface area is 180 Å². The quantitative estimate of drug-likeness (QED) is 0.561. The van der Waals surface area contributed by atoms with Gasteiger partial charge in [0.25, 0.3) is 0 Å². The number of carbonyl (C=O) groups excluding carboxylic acids is 1. The van der Waals surface area contributed by atoms with Crippen LogP contribution in [-0.2, 0) is 16.8 Å². The third-order valence-electron chi connectivity index (χ3n) is 6.27. The summed E-state index contributed by atoms with van der Waals surface area (Å²) in [6.07, 6.45) is 8.39. The first kappa shape index (κ1) is 22.2. The van der Waals surface area contributed by atoms with Crippen molar-refractivity contribution in [1.29, 1.82) is 0 Å². The zero-order chi connectivity index (χ0) is 21.4. The van der Waals surface area contributed by atoms with E-state index in [1.165, 1.54) is 12.8 Å². The molecule has 4 N–H and O–H groups in total. The van der Waals surface area contributed by atoms with Crippen LogP contribution in [0.2, 0.25) is 0 Å². The number of hydrogen-bond donors (Lipinski definition) is 3. The van der Waals surface area contributed by atoms with Crippen molar-refractivity contribution in [3.05, 3.63) is 59.9 Å². The lowest BCUT2D eigenvalue weighted by molar-refractivity contribution is -0.125. The molecule has 0 saturated carbocycles. The van der Waals surface area contributed by atoms with Crippen molar-refractivity contribution < 1.29 is 4.79 Å². The van der Waals surface area contributed by atoms with Crippen molar-refractivity contribution in [1.82, 2.24) is 15.6 Å². The molecule has 30 heavy (non-hydrogen) atoms. The van der Waals surface area contributed by atoms with E-state index in [-0.39, 0.29) is 5.91 Å². The summed E-state index contributed by atoms with van der Waals surface area (Å²) in [5, 5.41) is 7.01. The Bertz CT molecular complexity index is 787. The predicted octanol–water partition coefficient (Wildman–Crippen LogP) is 2.44. The summed E-state index contributed by atoms with van der Waals surface area (Å²) in [6.45, 7) is 2.94. The maximum atomic E-state index is 12.9. The van der Waals surface area contributed by atoms with E-state index in [2.05, 4.69) is 20.5 Å². The fraction of sp³-hybridized carbons (Fsp3) is 0.500. The Morgan fingerprint density at radius 1 is 1.17 bits per heavy atom. The van der Waals surface area contributed by atoms with Crippen LogP contribution < -0.4 is 21.3 Å². The first-order chi connectivity index (χ1) is 14.5. The first-order valence-corrected chi connectivity index (χ1v) is 10.9. The topological polar surface area (TPSA) is 83.3 Å². The number of piperidine rings is 1. The Kier molecular flexibility index (Phi) is 7.82. The highest BCUT2D eigenvalue weighted by atomic mass is 16.1. The van der Waals surface area contributed by atoms with Gasteiger partial charge in [-0.25, -0.2) is 0 Å². The number of primary amides is 1. The Hall–Kier alpha value is -2.44. The maximum Gasteiger partial charge on any atom is 0.242 e. The summed E-state index contributed by atoms with van der Waals surface area (Å²) in [4.78, 5) is 19.0. The van der Waals surface area contributed by atoms with Crippen LogP contribution in [0.5, 0.6) is 0 Å². The molecule has 1 aromatic carbocycles. The molecule has 1 fully saturated rings. The smallest absolute Gasteiger partial charge is 0.242 e. The number of pyridine rings is 1. The number of nitrogens with one attached hydrogen (secondary N) is 2. The number of nitrogens with zero attached hydrogens (tertiary/aromatic N) is 2. The van der Waals surface area contributed by atoms with Gasteiger partial charge in [0, 0.05) is 32.2 Å². The summed E-state index contributed by atoms with van der Waals surface area (Å²) >= 11 is 0. The number of amides is 1. The van der Waals surface area contributed by atoms with Crippen LogP contribution in [0.3, 0.4) is 0 Å². The molecule has 0 aliphatic carbocycles. The van der Waals surface area contributed by atoms with Crippen LogP contribution in [0.1, 0.15) is 36.8 Å². The molecule has 1 amide bonds. The number of aromatic nitrogens is 1. The highest BCUT2D eigenvalue weighted by molar-refractivity contribution is 5.86. The van der Waals surface area contributed by atoms with Gasteiger partial charge in [0.15, 0.2) is 0 Å². The molecule has 3 rings (SSSR count). The van der Waals surface area contributed by atoms with Crippen LogP contribution in [0.4, 0.5) is 5.69 Å². The van der Waals surface area contributed by atoms with E-state index in [1.54, 1.807) is 12.4 Å². The van der Waals surface area contributed by atoms with Gasteiger partial charge in [0.05, 0.1) is 0 Å². The average Bonchev–Trinajstić information content (AvgIpc) is 2.77. The van der Waals surface area contributed by atoms with Crippen molar-refractivity contribution in [3.8, 4) is 0 Å². The predicted molar refractivity (Wildman–Crippen MR) is 122 cm³/mol. The van der Waals surface area contributed by atoms with Crippen LogP contribution in [0.15, 0.2) is 48.8 Å². The van der Waals surface area contributed by atoms with E-state index in [0.29, 0.717) is 12.3 Å². The van der Waals surface area contributed by atoms with Gasteiger partial charge in [-0.1, -0.05) is 12.1 Å². The van der Waals surface area contributed by atoms with Crippen LogP contribution >= 0.6 is 0 Å². The van der Waals surface area contributed by atoms with Crippen molar-refractivity contribution >= 4 is 11.6 Å².